The van der Waals surface area contributed by atoms with Crippen molar-refractivity contribution in [1.29, 1.82) is 0 Å². The molecule has 2 aromatic carbocycles. The molecule has 0 saturated heterocycles. The van der Waals surface area contributed by atoms with E-state index in [0.29, 0.717) is 25.4 Å². The molecule has 3 aromatic rings. The third kappa shape index (κ3) is 4.40. The summed E-state index contributed by atoms with van der Waals surface area (Å²) in [6.45, 7) is 4.03. The predicted octanol–water partition coefficient (Wildman–Crippen LogP) is 3.66. The highest BCUT2D eigenvalue weighted by Crippen LogP contribution is 2.27. The van der Waals surface area contributed by atoms with Gasteiger partial charge in [0.2, 0.25) is 5.91 Å². The Kier molecular flexibility index (Phi) is 5.88. The zero-order valence-electron chi connectivity index (χ0n) is 17.0. The first-order valence-electron chi connectivity index (χ1n) is 10.3. The molecule has 1 aromatic heterocycles. The van der Waals surface area contributed by atoms with Crippen molar-refractivity contribution in [2.75, 3.05) is 25.0 Å². The summed E-state index contributed by atoms with van der Waals surface area (Å²) >= 11 is 0. The Morgan fingerprint density at radius 2 is 1.93 bits per heavy atom. The van der Waals surface area contributed by atoms with Gasteiger partial charge in [0.1, 0.15) is 5.75 Å². The highest BCUT2D eigenvalue weighted by Gasteiger charge is 2.23. The number of carbonyl (C=O) groups excluding carboxylic acids is 2. The van der Waals surface area contributed by atoms with Gasteiger partial charge in [0.05, 0.1) is 13.2 Å². The van der Waals surface area contributed by atoms with Crippen molar-refractivity contribution in [2.45, 2.75) is 26.3 Å². The number of aromatic amines is 1. The summed E-state index contributed by atoms with van der Waals surface area (Å²) in [6, 6.07) is 15.3. The summed E-state index contributed by atoms with van der Waals surface area (Å²) in [5.74, 6) is 0.624. The molecule has 1 aliphatic heterocycles. The highest BCUT2D eigenvalue weighted by atomic mass is 16.5. The van der Waals surface area contributed by atoms with Crippen molar-refractivity contribution in [1.82, 2.24) is 15.2 Å². The van der Waals surface area contributed by atoms with Gasteiger partial charge in [-0.2, -0.15) is 0 Å². The molecule has 0 unspecified atom stereocenters. The van der Waals surface area contributed by atoms with Crippen LogP contribution in [0.1, 0.15) is 24.6 Å². The molecule has 7 heteroatoms. The number of ether oxygens (including phenoxy) is 1. The number of fused-ring (bicyclic) bond motifs is 3. The van der Waals surface area contributed by atoms with Gasteiger partial charge < -0.3 is 25.3 Å². The van der Waals surface area contributed by atoms with Crippen LogP contribution in [0.3, 0.4) is 0 Å². The fourth-order valence-electron chi connectivity index (χ4n) is 3.79. The molecule has 0 radical (unpaired) electrons. The molecular formula is C23H26N4O3. The zero-order valence-corrected chi connectivity index (χ0v) is 17.0. The first-order chi connectivity index (χ1) is 14.6. The van der Waals surface area contributed by atoms with Gasteiger partial charge in [-0.25, -0.2) is 4.79 Å². The highest BCUT2D eigenvalue weighted by molar-refractivity contribution is 5.91. The number of benzene rings is 2. The Labute approximate surface area is 175 Å². The van der Waals surface area contributed by atoms with Crippen molar-refractivity contribution < 1.29 is 14.3 Å². The van der Waals surface area contributed by atoms with Crippen LogP contribution in [0.2, 0.25) is 0 Å². The summed E-state index contributed by atoms with van der Waals surface area (Å²) < 4.78 is 5.39. The van der Waals surface area contributed by atoms with E-state index in [1.54, 1.807) is 17.0 Å². The van der Waals surface area contributed by atoms with Gasteiger partial charge in [-0.15, -0.1) is 0 Å². The molecule has 4 rings (SSSR count). The summed E-state index contributed by atoms with van der Waals surface area (Å²) in [5.41, 5.74) is 4.20. The predicted molar refractivity (Wildman–Crippen MR) is 117 cm³/mol. The number of carbonyl (C=O) groups is 2. The summed E-state index contributed by atoms with van der Waals surface area (Å²) in [7, 11) is 0. The zero-order chi connectivity index (χ0) is 20.9. The lowest BCUT2D eigenvalue weighted by molar-refractivity contribution is -0.116. The molecule has 3 amide bonds. The van der Waals surface area contributed by atoms with Gasteiger partial charge in [-0.05, 0) is 49.2 Å². The standard InChI is InChI=1S/C23H26N4O3/c1-2-30-17-9-7-16(8-10-17)25-22(28)11-13-24-23(29)27-14-12-19-18-5-3-4-6-20(18)26-21(19)15-27/h3-10,26H,2,11-15H2,1H3,(H,24,29)(H,25,28). The number of nitrogens with one attached hydrogen (secondary N) is 3. The fraction of sp³-hybridized carbons (Fsp3) is 0.304. The Balaban J connectivity index is 1.24. The number of urea groups is 1. The van der Waals surface area contributed by atoms with E-state index >= 15 is 0 Å². The Bertz CT molecular complexity index is 1040. The SMILES string of the molecule is CCOc1ccc(NC(=O)CCNC(=O)N2CCc3c([nH]c4ccccc34)C2)cc1. The van der Waals surface area contributed by atoms with E-state index in [1.807, 2.05) is 31.2 Å². The number of nitrogens with zero attached hydrogens (tertiary/aromatic N) is 1. The molecule has 0 spiro atoms. The van der Waals surface area contributed by atoms with E-state index in [1.165, 1.54) is 10.9 Å². The molecule has 0 fully saturated rings. The van der Waals surface area contributed by atoms with Crippen LogP contribution in [-0.4, -0.2) is 41.5 Å². The second-order valence-electron chi connectivity index (χ2n) is 7.29. The maximum atomic E-state index is 12.5. The molecule has 156 valence electrons. The molecule has 30 heavy (non-hydrogen) atoms. The number of para-hydroxylation sites is 1. The molecule has 2 heterocycles. The van der Waals surface area contributed by atoms with Crippen molar-refractivity contribution >= 4 is 28.5 Å². The first kappa shape index (κ1) is 19.8. The minimum absolute atomic E-state index is 0.143. The van der Waals surface area contributed by atoms with E-state index < -0.39 is 0 Å². The number of amides is 3. The first-order valence-corrected chi connectivity index (χ1v) is 10.3. The normalized spacial score (nSPS) is 13.0. The van der Waals surface area contributed by atoms with E-state index in [4.69, 9.17) is 4.74 Å². The van der Waals surface area contributed by atoms with Gasteiger partial charge in [-0.3, -0.25) is 4.79 Å². The molecule has 3 N–H and O–H groups in total. The van der Waals surface area contributed by atoms with Crippen molar-refractivity contribution in [3.8, 4) is 5.75 Å². The van der Waals surface area contributed by atoms with Gasteiger partial charge in [0, 0.05) is 41.8 Å². The molecular weight excluding hydrogens is 380 g/mol. The third-order valence-corrected chi connectivity index (χ3v) is 5.25. The lowest BCUT2D eigenvalue weighted by Gasteiger charge is -2.27. The minimum Gasteiger partial charge on any atom is -0.494 e. The average Bonchev–Trinajstić information content (AvgIpc) is 3.13. The van der Waals surface area contributed by atoms with E-state index in [9.17, 15) is 9.59 Å². The van der Waals surface area contributed by atoms with Crippen molar-refractivity contribution in [3.63, 3.8) is 0 Å². The summed E-state index contributed by atoms with van der Waals surface area (Å²) in [5, 5.41) is 6.91. The van der Waals surface area contributed by atoms with Crippen molar-refractivity contribution in [3.05, 3.63) is 59.8 Å². The topological polar surface area (TPSA) is 86.5 Å². The van der Waals surface area contributed by atoms with Crippen molar-refractivity contribution in [2.24, 2.45) is 0 Å². The second kappa shape index (κ2) is 8.90. The quantitative estimate of drug-likeness (QED) is 0.584. The third-order valence-electron chi connectivity index (χ3n) is 5.25. The van der Waals surface area contributed by atoms with Crippen LogP contribution in [0.15, 0.2) is 48.5 Å². The summed E-state index contributed by atoms with van der Waals surface area (Å²) in [4.78, 5) is 29.8. The molecule has 7 nitrogen and oxygen atoms in total. The lowest BCUT2D eigenvalue weighted by atomic mass is 10.0. The van der Waals surface area contributed by atoms with Crippen LogP contribution < -0.4 is 15.4 Å². The summed E-state index contributed by atoms with van der Waals surface area (Å²) in [6.07, 6.45) is 1.04. The lowest BCUT2D eigenvalue weighted by Crippen LogP contribution is -2.43. The average molecular weight is 406 g/mol. The van der Waals surface area contributed by atoms with Crippen LogP contribution in [0, 0.1) is 0 Å². The Morgan fingerprint density at radius 3 is 2.73 bits per heavy atom. The van der Waals surface area contributed by atoms with Crippen LogP contribution in [0.5, 0.6) is 5.75 Å². The van der Waals surface area contributed by atoms with Crippen LogP contribution in [0.4, 0.5) is 10.5 Å². The van der Waals surface area contributed by atoms with Gasteiger partial charge in [-0.1, -0.05) is 18.2 Å². The number of aromatic nitrogens is 1. The van der Waals surface area contributed by atoms with Gasteiger partial charge in [0.15, 0.2) is 0 Å². The molecule has 0 bridgehead atoms. The van der Waals surface area contributed by atoms with Gasteiger partial charge in [0.25, 0.3) is 0 Å². The Hall–Kier alpha value is -3.48. The number of hydrogen-bond acceptors (Lipinski definition) is 3. The number of H-pyrrole nitrogens is 1. The van der Waals surface area contributed by atoms with Crippen LogP contribution >= 0.6 is 0 Å². The maximum Gasteiger partial charge on any atom is 0.317 e. The number of rotatable bonds is 6. The molecule has 0 atom stereocenters. The van der Waals surface area contributed by atoms with E-state index in [-0.39, 0.29) is 24.9 Å². The fourth-order valence-corrected chi connectivity index (χ4v) is 3.79. The smallest absolute Gasteiger partial charge is 0.317 e. The van der Waals surface area contributed by atoms with Crippen LogP contribution in [-0.2, 0) is 17.8 Å². The van der Waals surface area contributed by atoms with Gasteiger partial charge >= 0.3 is 6.03 Å². The maximum absolute atomic E-state index is 12.5. The monoisotopic (exact) mass is 406 g/mol. The van der Waals surface area contributed by atoms with E-state index in [2.05, 4.69) is 27.8 Å². The molecule has 0 saturated carbocycles. The molecule has 0 aliphatic carbocycles. The molecule has 1 aliphatic rings. The largest absolute Gasteiger partial charge is 0.494 e. The Morgan fingerprint density at radius 1 is 1.13 bits per heavy atom. The number of hydrogen-bond donors (Lipinski definition) is 3. The second-order valence-corrected chi connectivity index (χ2v) is 7.29. The van der Waals surface area contributed by atoms with Crippen LogP contribution in [0.25, 0.3) is 10.9 Å². The minimum atomic E-state index is -0.145. The number of anilines is 1. The van der Waals surface area contributed by atoms with E-state index in [0.717, 1.165) is 23.4 Å².